The Morgan fingerprint density at radius 3 is 2.30 bits per heavy atom. The van der Waals surface area contributed by atoms with Crippen molar-refractivity contribution in [2.24, 2.45) is 0 Å². The van der Waals surface area contributed by atoms with E-state index in [-0.39, 0.29) is 24.8 Å². The number of thioether (sulfide) groups is 1. The third kappa shape index (κ3) is 5.71. The molecule has 1 fully saturated rings. The summed E-state index contributed by atoms with van der Waals surface area (Å²) in [6, 6.07) is 26.7. The predicted octanol–water partition coefficient (Wildman–Crippen LogP) is 6.16. The Morgan fingerprint density at radius 2 is 1.61 bits per heavy atom. The van der Waals surface area contributed by atoms with Gasteiger partial charge in [-0.05, 0) is 35.4 Å². The largest absolute Gasteiger partial charge is 0.308 e. The van der Waals surface area contributed by atoms with E-state index < -0.39 is 0 Å². The second-order valence-corrected chi connectivity index (χ2v) is 9.49. The van der Waals surface area contributed by atoms with Crippen LogP contribution in [0.4, 0.5) is 5.69 Å². The summed E-state index contributed by atoms with van der Waals surface area (Å²) in [6.45, 7) is 0.677. The van der Waals surface area contributed by atoms with E-state index in [0.29, 0.717) is 20.8 Å². The van der Waals surface area contributed by atoms with Gasteiger partial charge in [-0.1, -0.05) is 102 Å². The molecule has 7 heteroatoms. The summed E-state index contributed by atoms with van der Waals surface area (Å²) >= 11 is 12.9. The number of para-hydroxylation sites is 1. The zero-order valence-electron chi connectivity index (χ0n) is 17.7. The molecule has 0 saturated carbocycles. The molecule has 1 saturated heterocycles. The number of carbonyl (C=O) groups is 2. The molecule has 4 rings (SSSR count). The minimum Gasteiger partial charge on any atom is -0.308 e. The van der Waals surface area contributed by atoms with Crippen molar-refractivity contribution in [1.82, 2.24) is 4.90 Å². The van der Waals surface area contributed by atoms with Crippen LogP contribution in [0.15, 0.2) is 89.8 Å². The lowest BCUT2D eigenvalue weighted by Crippen LogP contribution is -2.36. The number of carbonyl (C=O) groups excluding carboxylic acids is 2. The Labute approximate surface area is 207 Å². The number of rotatable bonds is 7. The number of amides is 2. The summed E-state index contributed by atoms with van der Waals surface area (Å²) in [4.78, 5) is 29.9. The van der Waals surface area contributed by atoms with Gasteiger partial charge in [0.1, 0.15) is 4.32 Å². The van der Waals surface area contributed by atoms with Crippen molar-refractivity contribution in [3.8, 4) is 0 Å². The highest BCUT2D eigenvalue weighted by molar-refractivity contribution is 8.26. The molecular weight excluding hydrogens is 472 g/mol. The molecule has 0 N–H and O–H groups in total. The topological polar surface area (TPSA) is 40.6 Å². The first-order valence-corrected chi connectivity index (χ1v) is 12.0. The van der Waals surface area contributed by atoms with Gasteiger partial charge < -0.3 is 4.90 Å². The molecule has 3 aromatic rings. The SMILES string of the molecule is O=C1C(=Cc2ccccc2Cl)SC(=S)N1CCC(=O)N(Cc1ccccc1)c1ccccc1. The van der Waals surface area contributed by atoms with Crippen LogP contribution in [0.2, 0.25) is 5.02 Å². The van der Waals surface area contributed by atoms with Crippen molar-refractivity contribution < 1.29 is 9.59 Å². The second-order valence-electron chi connectivity index (χ2n) is 7.41. The van der Waals surface area contributed by atoms with Gasteiger partial charge in [0.05, 0.1) is 11.4 Å². The van der Waals surface area contributed by atoms with Gasteiger partial charge in [-0.25, -0.2) is 0 Å². The monoisotopic (exact) mass is 492 g/mol. The Kier molecular flexibility index (Phi) is 7.60. The van der Waals surface area contributed by atoms with Crippen molar-refractivity contribution >= 4 is 63.5 Å². The van der Waals surface area contributed by atoms with E-state index in [1.807, 2.05) is 78.9 Å². The standard InChI is InChI=1S/C26H21ClN2O2S2/c27-22-14-8-7-11-20(22)17-23-25(31)28(26(32)33-23)16-15-24(30)29(21-12-5-2-6-13-21)18-19-9-3-1-4-10-19/h1-14,17H,15-16,18H2. The number of anilines is 1. The molecule has 0 aliphatic carbocycles. The maximum absolute atomic E-state index is 13.2. The van der Waals surface area contributed by atoms with Crippen LogP contribution < -0.4 is 4.90 Å². The van der Waals surface area contributed by atoms with Gasteiger partial charge in [0.25, 0.3) is 5.91 Å². The van der Waals surface area contributed by atoms with Crippen molar-refractivity contribution in [1.29, 1.82) is 0 Å². The number of thiocarbonyl (C=S) groups is 1. The minimum atomic E-state index is -0.202. The van der Waals surface area contributed by atoms with Crippen LogP contribution in [-0.2, 0) is 16.1 Å². The maximum Gasteiger partial charge on any atom is 0.266 e. The fourth-order valence-electron chi connectivity index (χ4n) is 3.47. The van der Waals surface area contributed by atoms with Crippen LogP contribution >= 0.6 is 35.6 Å². The van der Waals surface area contributed by atoms with Crippen molar-refractivity contribution in [2.45, 2.75) is 13.0 Å². The summed E-state index contributed by atoms with van der Waals surface area (Å²) in [5.41, 5.74) is 2.60. The van der Waals surface area contributed by atoms with E-state index in [9.17, 15) is 9.59 Å². The number of halogens is 1. The van der Waals surface area contributed by atoms with E-state index >= 15 is 0 Å². The van der Waals surface area contributed by atoms with Gasteiger partial charge in [-0.2, -0.15) is 0 Å². The molecule has 1 heterocycles. The summed E-state index contributed by atoms with van der Waals surface area (Å²) < 4.78 is 0.445. The molecule has 166 valence electrons. The maximum atomic E-state index is 13.2. The fourth-order valence-corrected chi connectivity index (χ4v) is 4.96. The molecular formula is C26H21ClN2O2S2. The van der Waals surface area contributed by atoms with Gasteiger partial charge in [0.2, 0.25) is 5.91 Å². The average molecular weight is 493 g/mol. The fraction of sp³-hybridized carbons (Fsp3) is 0.115. The first kappa shape index (κ1) is 23.2. The molecule has 0 bridgehead atoms. The lowest BCUT2D eigenvalue weighted by molar-refractivity contribution is -0.123. The quantitative estimate of drug-likeness (QED) is 0.292. The average Bonchev–Trinajstić information content (AvgIpc) is 3.10. The summed E-state index contributed by atoms with van der Waals surface area (Å²) in [6.07, 6.45) is 1.91. The van der Waals surface area contributed by atoms with Gasteiger partial charge >= 0.3 is 0 Å². The Hall–Kier alpha value is -2.93. The molecule has 0 atom stereocenters. The van der Waals surface area contributed by atoms with Crippen molar-refractivity contribution in [3.05, 3.63) is 106 Å². The van der Waals surface area contributed by atoms with E-state index in [2.05, 4.69) is 0 Å². The van der Waals surface area contributed by atoms with E-state index in [1.54, 1.807) is 17.0 Å². The van der Waals surface area contributed by atoms with Gasteiger partial charge in [0.15, 0.2) is 0 Å². The van der Waals surface area contributed by atoms with Crippen LogP contribution in [0.3, 0.4) is 0 Å². The summed E-state index contributed by atoms with van der Waals surface area (Å²) in [5, 5.41) is 0.567. The number of hydrogen-bond donors (Lipinski definition) is 0. The third-order valence-electron chi connectivity index (χ3n) is 5.17. The molecule has 0 aromatic heterocycles. The first-order valence-electron chi connectivity index (χ1n) is 10.4. The van der Waals surface area contributed by atoms with Crippen LogP contribution in [0.5, 0.6) is 0 Å². The van der Waals surface area contributed by atoms with E-state index in [1.165, 1.54) is 16.7 Å². The second kappa shape index (κ2) is 10.8. The lowest BCUT2D eigenvalue weighted by Gasteiger charge is -2.24. The minimum absolute atomic E-state index is 0.0748. The van der Waals surface area contributed by atoms with E-state index in [0.717, 1.165) is 16.8 Å². The first-order chi connectivity index (χ1) is 16.0. The molecule has 1 aliphatic heterocycles. The normalized spacial score (nSPS) is 14.7. The molecule has 2 amide bonds. The van der Waals surface area contributed by atoms with Crippen LogP contribution in [0, 0.1) is 0 Å². The molecule has 1 aliphatic rings. The van der Waals surface area contributed by atoms with Crippen LogP contribution in [0.25, 0.3) is 6.08 Å². The Morgan fingerprint density at radius 1 is 0.970 bits per heavy atom. The number of hydrogen-bond acceptors (Lipinski definition) is 4. The van der Waals surface area contributed by atoms with Crippen molar-refractivity contribution in [2.75, 3.05) is 11.4 Å². The molecule has 33 heavy (non-hydrogen) atoms. The number of benzene rings is 3. The smallest absolute Gasteiger partial charge is 0.266 e. The molecule has 0 unspecified atom stereocenters. The lowest BCUT2D eigenvalue weighted by atomic mass is 10.1. The molecule has 0 spiro atoms. The highest BCUT2D eigenvalue weighted by Gasteiger charge is 2.32. The van der Waals surface area contributed by atoms with Gasteiger partial charge in [0, 0.05) is 23.7 Å². The third-order valence-corrected chi connectivity index (χ3v) is 6.89. The predicted molar refractivity (Wildman–Crippen MR) is 140 cm³/mol. The Bertz CT molecular complexity index is 1200. The highest BCUT2D eigenvalue weighted by Crippen LogP contribution is 2.34. The zero-order valence-corrected chi connectivity index (χ0v) is 20.1. The van der Waals surface area contributed by atoms with Gasteiger partial charge in [-0.3, -0.25) is 14.5 Å². The van der Waals surface area contributed by atoms with Crippen LogP contribution in [-0.4, -0.2) is 27.6 Å². The van der Waals surface area contributed by atoms with Crippen LogP contribution in [0.1, 0.15) is 17.5 Å². The molecule has 0 radical (unpaired) electrons. The zero-order chi connectivity index (χ0) is 23.2. The van der Waals surface area contributed by atoms with E-state index in [4.69, 9.17) is 23.8 Å². The summed E-state index contributed by atoms with van der Waals surface area (Å²) in [5.74, 6) is -0.277. The number of nitrogens with zero attached hydrogens (tertiary/aromatic N) is 2. The summed E-state index contributed by atoms with van der Waals surface area (Å²) in [7, 11) is 0. The molecule has 3 aromatic carbocycles. The highest BCUT2D eigenvalue weighted by atomic mass is 35.5. The van der Waals surface area contributed by atoms with Crippen molar-refractivity contribution in [3.63, 3.8) is 0 Å². The molecule has 4 nitrogen and oxygen atoms in total. The Balaban J connectivity index is 1.47. The van der Waals surface area contributed by atoms with Gasteiger partial charge in [-0.15, -0.1) is 0 Å².